The molecule has 106 valence electrons. The summed E-state index contributed by atoms with van der Waals surface area (Å²) >= 11 is 1.53. The molecule has 3 rings (SSSR count). The fraction of sp³-hybridized carbons (Fsp3) is 0.438. The Morgan fingerprint density at radius 1 is 1.40 bits per heavy atom. The van der Waals surface area contributed by atoms with Gasteiger partial charge in [0.15, 0.2) is 0 Å². The van der Waals surface area contributed by atoms with E-state index in [1.807, 2.05) is 12.3 Å². The minimum absolute atomic E-state index is 0.279. The van der Waals surface area contributed by atoms with Gasteiger partial charge in [-0.2, -0.15) is 0 Å². The second kappa shape index (κ2) is 5.28. The van der Waals surface area contributed by atoms with E-state index in [1.165, 1.54) is 22.5 Å². The molecular weight excluding hydrogens is 268 g/mol. The van der Waals surface area contributed by atoms with Crippen LogP contribution < -0.4 is 5.73 Å². The Morgan fingerprint density at radius 3 is 2.80 bits per heavy atom. The lowest BCUT2D eigenvalue weighted by atomic mass is 9.68. The molecule has 0 radical (unpaired) electrons. The molecule has 1 aliphatic carbocycles. The molecule has 2 atom stereocenters. The molecule has 0 aliphatic heterocycles. The summed E-state index contributed by atoms with van der Waals surface area (Å²) in [7, 11) is 0. The normalized spacial score (nSPS) is 23.4. The smallest absolute Gasteiger partial charge is 0.122 e. The van der Waals surface area contributed by atoms with Crippen LogP contribution >= 0.6 is 11.3 Å². The van der Waals surface area contributed by atoms with Gasteiger partial charge in [-0.25, -0.2) is 4.98 Å². The number of hydrogen-bond donors (Lipinski definition) is 2. The highest BCUT2D eigenvalue weighted by molar-refractivity contribution is 7.09. The number of hydrogen-bond acceptors (Lipinski definition) is 4. The molecule has 0 bridgehead atoms. The fourth-order valence-corrected chi connectivity index (χ4v) is 4.02. The Kier molecular flexibility index (Phi) is 3.63. The number of aryl methyl sites for hydroxylation is 2. The van der Waals surface area contributed by atoms with Crippen molar-refractivity contribution in [3.8, 4) is 0 Å². The molecule has 3 nitrogen and oxygen atoms in total. The molecule has 0 amide bonds. The summed E-state index contributed by atoms with van der Waals surface area (Å²) in [4.78, 5) is 4.45. The standard InChI is InChI=1S/C16H20N2OS/c1-11-9-20-15(18-11)14(19)16(10-17)7-6-12-4-2-3-5-13(12)8-16/h2-5,9,14,19H,6-8,10,17H2,1H3. The van der Waals surface area contributed by atoms with Crippen molar-refractivity contribution in [1.29, 1.82) is 0 Å². The Hall–Kier alpha value is -1.23. The molecule has 1 heterocycles. The van der Waals surface area contributed by atoms with Gasteiger partial charge in [-0.05, 0) is 37.3 Å². The first kappa shape index (κ1) is 13.7. The van der Waals surface area contributed by atoms with Crippen LogP contribution in [0, 0.1) is 12.3 Å². The summed E-state index contributed by atoms with van der Waals surface area (Å²) in [5.74, 6) is 0. The predicted octanol–water partition coefficient (Wildman–Crippen LogP) is 2.62. The maximum atomic E-state index is 10.8. The first-order chi connectivity index (χ1) is 9.64. The highest BCUT2D eigenvalue weighted by Gasteiger charge is 2.41. The van der Waals surface area contributed by atoms with Gasteiger partial charge in [-0.3, -0.25) is 0 Å². The van der Waals surface area contributed by atoms with Crippen molar-refractivity contribution in [3.05, 3.63) is 51.5 Å². The van der Waals surface area contributed by atoms with Gasteiger partial charge in [0.25, 0.3) is 0 Å². The van der Waals surface area contributed by atoms with Gasteiger partial charge in [0.2, 0.25) is 0 Å². The molecular formula is C16H20N2OS. The summed E-state index contributed by atoms with van der Waals surface area (Å²) in [5, 5.41) is 13.6. The number of aromatic nitrogens is 1. The van der Waals surface area contributed by atoms with Crippen LogP contribution in [0.15, 0.2) is 29.6 Å². The van der Waals surface area contributed by atoms with Crippen LogP contribution in [-0.2, 0) is 12.8 Å². The molecule has 1 aromatic heterocycles. The van der Waals surface area contributed by atoms with Crippen LogP contribution in [-0.4, -0.2) is 16.6 Å². The van der Waals surface area contributed by atoms with E-state index in [2.05, 4.69) is 29.2 Å². The van der Waals surface area contributed by atoms with Gasteiger partial charge in [-0.15, -0.1) is 11.3 Å². The van der Waals surface area contributed by atoms with Crippen LogP contribution in [0.5, 0.6) is 0 Å². The largest absolute Gasteiger partial charge is 0.385 e. The van der Waals surface area contributed by atoms with Crippen molar-refractivity contribution in [2.75, 3.05) is 6.54 Å². The Morgan fingerprint density at radius 2 is 2.15 bits per heavy atom. The van der Waals surface area contributed by atoms with E-state index in [4.69, 9.17) is 5.73 Å². The second-order valence-electron chi connectivity index (χ2n) is 5.74. The summed E-state index contributed by atoms with van der Waals surface area (Å²) < 4.78 is 0. The van der Waals surface area contributed by atoms with Crippen molar-refractivity contribution in [2.24, 2.45) is 11.1 Å². The zero-order valence-electron chi connectivity index (χ0n) is 11.7. The van der Waals surface area contributed by atoms with Gasteiger partial charge >= 0.3 is 0 Å². The quantitative estimate of drug-likeness (QED) is 0.912. The van der Waals surface area contributed by atoms with Gasteiger partial charge < -0.3 is 10.8 Å². The van der Waals surface area contributed by atoms with E-state index >= 15 is 0 Å². The topological polar surface area (TPSA) is 59.1 Å². The molecule has 3 N–H and O–H groups in total. The average Bonchev–Trinajstić information content (AvgIpc) is 2.92. The SMILES string of the molecule is Cc1csc(C(O)C2(CN)CCc3ccccc3C2)n1. The lowest BCUT2D eigenvalue weighted by Crippen LogP contribution is -2.41. The molecule has 2 aromatic rings. The van der Waals surface area contributed by atoms with E-state index in [0.29, 0.717) is 6.54 Å². The van der Waals surface area contributed by atoms with E-state index < -0.39 is 6.10 Å². The number of nitrogens with two attached hydrogens (primary N) is 1. The molecule has 0 spiro atoms. The number of rotatable bonds is 3. The minimum atomic E-state index is -0.570. The number of thiazole rings is 1. The van der Waals surface area contributed by atoms with Crippen LogP contribution in [0.1, 0.15) is 34.4 Å². The monoisotopic (exact) mass is 288 g/mol. The minimum Gasteiger partial charge on any atom is -0.385 e. The summed E-state index contributed by atoms with van der Waals surface area (Å²) in [5.41, 5.74) is 9.45. The highest BCUT2D eigenvalue weighted by Crippen LogP contribution is 2.44. The van der Waals surface area contributed by atoms with Crippen LogP contribution in [0.25, 0.3) is 0 Å². The number of aliphatic hydroxyl groups is 1. The van der Waals surface area contributed by atoms with Crippen molar-refractivity contribution < 1.29 is 5.11 Å². The van der Waals surface area contributed by atoms with E-state index in [-0.39, 0.29) is 5.41 Å². The third kappa shape index (κ3) is 2.28. The number of aliphatic hydroxyl groups excluding tert-OH is 1. The van der Waals surface area contributed by atoms with Gasteiger partial charge in [0.1, 0.15) is 11.1 Å². The number of benzene rings is 1. The zero-order chi connectivity index (χ0) is 14.2. The lowest BCUT2D eigenvalue weighted by Gasteiger charge is -2.40. The summed E-state index contributed by atoms with van der Waals surface area (Å²) in [6.07, 6.45) is 2.16. The molecule has 0 saturated carbocycles. The highest BCUT2D eigenvalue weighted by atomic mass is 32.1. The predicted molar refractivity (Wildman–Crippen MR) is 81.8 cm³/mol. The Labute approximate surface area is 123 Å². The summed E-state index contributed by atoms with van der Waals surface area (Å²) in [6.45, 7) is 2.44. The summed E-state index contributed by atoms with van der Waals surface area (Å²) in [6, 6.07) is 8.47. The second-order valence-corrected chi connectivity index (χ2v) is 6.63. The lowest BCUT2D eigenvalue weighted by molar-refractivity contribution is 0.0175. The van der Waals surface area contributed by atoms with E-state index in [0.717, 1.165) is 30.0 Å². The van der Waals surface area contributed by atoms with Gasteiger partial charge in [0.05, 0.1) is 0 Å². The number of fused-ring (bicyclic) bond motifs is 1. The Balaban J connectivity index is 1.93. The third-order valence-electron chi connectivity index (χ3n) is 4.41. The molecule has 2 unspecified atom stereocenters. The van der Waals surface area contributed by atoms with Crippen molar-refractivity contribution in [3.63, 3.8) is 0 Å². The first-order valence-electron chi connectivity index (χ1n) is 7.01. The third-order valence-corrected chi connectivity index (χ3v) is 5.43. The molecule has 0 saturated heterocycles. The van der Waals surface area contributed by atoms with Crippen molar-refractivity contribution >= 4 is 11.3 Å². The van der Waals surface area contributed by atoms with Crippen LogP contribution in [0.3, 0.4) is 0 Å². The maximum Gasteiger partial charge on any atom is 0.122 e. The average molecular weight is 288 g/mol. The fourth-order valence-electron chi connectivity index (χ4n) is 3.10. The number of nitrogens with zero attached hydrogens (tertiary/aromatic N) is 1. The molecule has 1 aliphatic rings. The van der Waals surface area contributed by atoms with Gasteiger partial charge in [0, 0.05) is 23.0 Å². The molecule has 20 heavy (non-hydrogen) atoms. The first-order valence-corrected chi connectivity index (χ1v) is 7.89. The molecule has 1 aromatic carbocycles. The molecule has 0 fully saturated rings. The maximum absolute atomic E-state index is 10.8. The van der Waals surface area contributed by atoms with Gasteiger partial charge in [-0.1, -0.05) is 24.3 Å². The van der Waals surface area contributed by atoms with Crippen molar-refractivity contribution in [1.82, 2.24) is 4.98 Å². The van der Waals surface area contributed by atoms with E-state index in [9.17, 15) is 5.11 Å². The molecule has 4 heteroatoms. The van der Waals surface area contributed by atoms with Crippen LogP contribution in [0.2, 0.25) is 0 Å². The van der Waals surface area contributed by atoms with Crippen LogP contribution in [0.4, 0.5) is 0 Å². The van der Waals surface area contributed by atoms with E-state index in [1.54, 1.807) is 0 Å². The Bertz CT molecular complexity index is 610. The zero-order valence-corrected chi connectivity index (χ0v) is 12.5. The van der Waals surface area contributed by atoms with Crippen molar-refractivity contribution in [2.45, 2.75) is 32.3 Å².